The van der Waals surface area contributed by atoms with Crippen LogP contribution in [0.1, 0.15) is 6.92 Å². The standard InChI is InChI=1S/C15H22N2O4/c1-15(10-16-11-15)21-9-14(18)17-12-4-3-5-13(8-12)20-7-6-19-2/h3-5,8,16H,6-7,9-11H2,1-2H3,(H,17,18). The van der Waals surface area contributed by atoms with E-state index in [-0.39, 0.29) is 18.1 Å². The Kier molecular flexibility index (Phi) is 5.55. The van der Waals surface area contributed by atoms with Crippen molar-refractivity contribution in [2.75, 3.05) is 45.3 Å². The summed E-state index contributed by atoms with van der Waals surface area (Å²) in [5, 5.41) is 5.92. The van der Waals surface area contributed by atoms with Crippen molar-refractivity contribution < 1.29 is 19.0 Å². The van der Waals surface area contributed by atoms with Crippen LogP contribution in [-0.2, 0) is 14.3 Å². The molecule has 116 valence electrons. The minimum absolute atomic E-state index is 0.0486. The van der Waals surface area contributed by atoms with Crippen LogP contribution in [-0.4, -0.2) is 51.5 Å². The lowest BCUT2D eigenvalue weighted by Gasteiger charge is -2.38. The van der Waals surface area contributed by atoms with Crippen molar-refractivity contribution in [2.45, 2.75) is 12.5 Å². The molecular weight excluding hydrogens is 272 g/mol. The summed E-state index contributed by atoms with van der Waals surface area (Å²) in [5.74, 6) is 0.526. The predicted molar refractivity (Wildman–Crippen MR) is 79.7 cm³/mol. The van der Waals surface area contributed by atoms with E-state index in [9.17, 15) is 4.79 Å². The Labute approximate surface area is 124 Å². The molecule has 0 saturated carbocycles. The fourth-order valence-corrected chi connectivity index (χ4v) is 1.92. The lowest BCUT2D eigenvalue weighted by molar-refractivity contribution is -0.130. The molecule has 1 aliphatic rings. The van der Waals surface area contributed by atoms with Gasteiger partial charge in [0, 0.05) is 32.0 Å². The van der Waals surface area contributed by atoms with Crippen molar-refractivity contribution in [2.24, 2.45) is 0 Å². The third kappa shape index (κ3) is 5.00. The number of rotatable bonds is 8. The average molecular weight is 294 g/mol. The highest BCUT2D eigenvalue weighted by Crippen LogP contribution is 2.18. The van der Waals surface area contributed by atoms with E-state index in [0.717, 1.165) is 13.1 Å². The number of anilines is 1. The van der Waals surface area contributed by atoms with Gasteiger partial charge in [-0.1, -0.05) is 6.07 Å². The van der Waals surface area contributed by atoms with Gasteiger partial charge >= 0.3 is 0 Å². The van der Waals surface area contributed by atoms with Gasteiger partial charge in [-0.05, 0) is 19.1 Å². The SMILES string of the molecule is COCCOc1cccc(NC(=O)COC2(C)CNC2)c1. The van der Waals surface area contributed by atoms with Crippen LogP contribution < -0.4 is 15.4 Å². The minimum Gasteiger partial charge on any atom is -0.491 e. The van der Waals surface area contributed by atoms with Crippen molar-refractivity contribution in [3.05, 3.63) is 24.3 Å². The Balaban J connectivity index is 1.78. The molecule has 0 bridgehead atoms. The summed E-state index contributed by atoms with van der Waals surface area (Å²) in [4.78, 5) is 11.9. The number of carbonyl (C=O) groups is 1. The molecule has 2 rings (SSSR count). The Morgan fingerprint density at radius 3 is 2.86 bits per heavy atom. The number of carbonyl (C=O) groups excluding carboxylic acids is 1. The molecule has 1 aromatic rings. The third-order valence-electron chi connectivity index (χ3n) is 3.22. The lowest BCUT2D eigenvalue weighted by atomic mass is 10.0. The van der Waals surface area contributed by atoms with Crippen molar-refractivity contribution in [3.63, 3.8) is 0 Å². The molecule has 0 atom stereocenters. The molecule has 1 amide bonds. The van der Waals surface area contributed by atoms with E-state index < -0.39 is 0 Å². The van der Waals surface area contributed by atoms with Gasteiger partial charge in [0.1, 0.15) is 19.0 Å². The zero-order valence-corrected chi connectivity index (χ0v) is 12.5. The number of hydrogen-bond donors (Lipinski definition) is 2. The molecule has 6 heteroatoms. The Morgan fingerprint density at radius 2 is 2.19 bits per heavy atom. The van der Waals surface area contributed by atoms with Crippen LogP contribution in [0.3, 0.4) is 0 Å². The maximum atomic E-state index is 11.9. The molecule has 0 radical (unpaired) electrons. The molecule has 0 aliphatic carbocycles. The van der Waals surface area contributed by atoms with E-state index in [4.69, 9.17) is 14.2 Å². The number of nitrogens with one attached hydrogen (secondary N) is 2. The van der Waals surface area contributed by atoms with Crippen LogP contribution in [0.5, 0.6) is 5.75 Å². The molecule has 0 aromatic heterocycles. The summed E-state index contributed by atoms with van der Waals surface area (Å²) < 4.78 is 16.0. The summed E-state index contributed by atoms with van der Waals surface area (Å²) in [6.45, 7) is 4.60. The van der Waals surface area contributed by atoms with Gasteiger partial charge in [0.15, 0.2) is 0 Å². The van der Waals surface area contributed by atoms with Gasteiger partial charge in [-0.2, -0.15) is 0 Å². The first-order valence-corrected chi connectivity index (χ1v) is 6.98. The fourth-order valence-electron chi connectivity index (χ4n) is 1.92. The van der Waals surface area contributed by atoms with Crippen molar-refractivity contribution in [1.29, 1.82) is 0 Å². The largest absolute Gasteiger partial charge is 0.491 e. The normalized spacial score (nSPS) is 16.1. The summed E-state index contributed by atoms with van der Waals surface area (Å²) in [6, 6.07) is 7.26. The Hall–Kier alpha value is -1.63. The molecule has 1 aromatic carbocycles. The third-order valence-corrected chi connectivity index (χ3v) is 3.22. The zero-order chi connectivity index (χ0) is 15.1. The predicted octanol–water partition coefficient (Wildman–Crippen LogP) is 1.03. The molecule has 1 heterocycles. The highest BCUT2D eigenvalue weighted by molar-refractivity contribution is 5.91. The van der Waals surface area contributed by atoms with Crippen LogP contribution in [0, 0.1) is 0 Å². The van der Waals surface area contributed by atoms with E-state index in [0.29, 0.717) is 24.7 Å². The molecule has 2 N–H and O–H groups in total. The summed E-state index contributed by atoms with van der Waals surface area (Å²) in [5.41, 5.74) is 0.470. The van der Waals surface area contributed by atoms with Crippen LogP contribution in [0.2, 0.25) is 0 Å². The average Bonchev–Trinajstić information content (AvgIpc) is 2.44. The molecule has 21 heavy (non-hydrogen) atoms. The fraction of sp³-hybridized carbons (Fsp3) is 0.533. The maximum Gasteiger partial charge on any atom is 0.250 e. The number of benzene rings is 1. The molecule has 0 unspecified atom stereocenters. The Morgan fingerprint density at radius 1 is 1.38 bits per heavy atom. The highest BCUT2D eigenvalue weighted by Gasteiger charge is 2.32. The van der Waals surface area contributed by atoms with Gasteiger partial charge in [-0.15, -0.1) is 0 Å². The van der Waals surface area contributed by atoms with Gasteiger partial charge in [0.2, 0.25) is 5.91 Å². The van der Waals surface area contributed by atoms with E-state index in [1.54, 1.807) is 13.2 Å². The van der Waals surface area contributed by atoms with Gasteiger partial charge < -0.3 is 24.8 Å². The minimum atomic E-state index is -0.220. The molecule has 0 spiro atoms. The number of amides is 1. The van der Waals surface area contributed by atoms with Gasteiger partial charge in [0.25, 0.3) is 0 Å². The van der Waals surface area contributed by atoms with Crippen molar-refractivity contribution in [1.82, 2.24) is 5.32 Å². The zero-order valence-electron chi connectivity index (χ0n) is 12.5. The summed E-state index contributed by atoms with van der Waals surface area (Å²) in [7, 11) is 1.62. The van der Waals surface area contributed by atoms with Crippen LogP contribution in [0.15, 0.2) is 24.3 Å². The van der Waals surface area contributed by atoms with E-state index in [1.807, 2.05) is 25.1 Å². The summed E-state index contributed by atoms with van der Waals surface area (Å²) >= 11 is 0. The van der Waals surface area contributed by atoms with Gasteiger partial charge in [0.05, 0.1) is 12.2 Å². The molecule has 1 fully saturated rings. The van der Waals surface area contributed by atoms with Crippen molar-refractivity contribution >= 4 is 11.6 Å². The highest BCUT2D eigenvalue weighted by atomic mass is 16.5. The molecule has 6 nitrogen and oxygen atoms in total. The van der Waals surface area contributed by atoms with Crippen LogP contribution in [0.4, 0.5) is 5.69 Å². The first kappa shape index (κ1) is 15.8. The van der Waals surface area contributed by atoms with Gasteiger partial charge in [-0.25, -0.2) is 0 Å². The molecular formula is C15H22N2O4. The monoisotopic (exact) mass is 294 g/mol. The second kappa shape index (κ2) is 7.40. The second-order valence-corrected chi connectivity index (χ2v) is 5.26. The molecule has 1 aliphatic heterocycles. The Bertz CT molecular complexity index is 474. The lowest BCUT2D eigenvalue weighted by Crippen LogP contribution is -2.59. The quantitative estimate of drug-likeness (QED) is 0.701. The van der Waals surface area contributed by atoms with Crippen LogP contribution in [0.25, 0.3) is 0 Å². The van der Waals surface area contributed by atoms with Gasteiger partial charge in [-0.3, -0.25) is 4.79 Å². The van der Waals surface area contributed by atoms with Crippen molar-refractivity contribution in [3.8, 4) is 5.75 Å². The number of ether oxygens (including phenoxy) is 3. The first-order chi connectivity index (χ1) is 10.1. The van der Waals surface area contributed by atoms with E-state index >= 15 is 0 Å². The summed E-state index contributed by atoms with van der Waals surface area (Å²) in [6.07, 6.45) is 0. The molecule has 1 saturated heterocycles. The van der Waals surface area contributed by atoms with Crippen LogP contribution >= 0.6 is 0 Å². The van der Waals surface area contributed by atoms with E-state index in [1.165, 1.54) is 0 Å². The maximum absolute atomic E-state index is 11.9. The topological polar surface area (TPSA) is 68.8 Å². The second-order valence-electron chi connectivity index (χ2n) is 5.26. The van der Waals surface area contributed by atoms with E-state index in [2.05, 4.69) is 10.6 Å². The number of methoxy groups -OCH3 is 1. The number of hydrogen-bond acceptors (Lipinski definition) is 5. The first-order valence-electron chi connectivity index (χ1n) is 6.98. The smallest absolute Gasteiger partial charge is 0.250 e.